The van der Waals surface area contributed by atoms with Gasteiger partial charge in [0, 0.05) is 30.9 Å². The van der Waals surface area contributed by atoms with Gasteiger partial charge in [0.15, 0.2) is 0 Å². The largest absolute Gasteiger partial charge is 0.345 e. The number of carbonyl (C=O) groups is 5. The first-order chi connectivity index (χ1) is 20.3. The fourth-order valence-electron chi connectivity index (χ4n) is 3.94. The Bertz CT molecular complexity index is 1340. The van der Waals surface area contributed by atoms with Gasteiger partial charge in [0.25, 0.3) is 17.6 Å². The van der Waals surface area contributed by atoms with Crippen LogP contribution in [0, 0.1) is 0 Å². The van der Waals surface area contributed by atoms with Gasteiger partial charge in [0.2, 0.25) is 11.8 Å². The van der Waals surface area contributed by atoms with Crippen LogP contribution in [-0.4, -0.2) is 59.2 Å². The predicted octanol–water partition coefficient (Wildman–Crippen LogP) is 1.25. The highest BCUT2D eigenvalue weighted by atomic mass is 16.2. The lowest BCUT2D eigenvalue weighted by Gasteiger charge is -2.24. The van der Waals surface area contributed by atoms with Gasteiger partial charge < -0.3 is 21.3 Å². The number of hydrogen-bond acceptors (Lipinski definition) is 7. The third-order valence-electron chi connectivity index (χ3n) is 6.27. The number of benzene rings is 2. The summed E-state index contributed by atoms with van der Waals surface area (Å²) in [7, 11) is 0. The molecule has 42 heavy (non-hydrogen) atoms. The Labute approximate surface area is 244 Å². The van der Waals surface area contributed by atoms with Gasteiger partial charge in [-0.2, -0.15) is 0 Å². The molecule has 0 radical (unpaired) electrons. The Morgan fingerprint density at radius 1 is 0.762 bits per heavy atom. The molecule has 0 bridgehead atoms. The van der Waals surface area contributed by atoms with Crippen molar-refractivity contribution in [2.45, 2.75) is 51.5 Å². The molecule has 2 aromatic carbocycles. The Morgan fingerprint density at radius 3 is 2.05 bits per heavy atom. The molecule has 11 nitrogen and oxygen atoms in total. The second-order valence-electron chi connectivity index (χ2n) is 9.61. The van der Waals surface area contributed by atoms with Crippen molar-refractivity contribution < 1.29 is 24.0 Å². The van der Waals surface area contributed by atoms with Crippen molar-refractivity contribution in [2.75, 3.05) is 6.54 Å². The molecule has 220 valence electrons. The highest BCUT2D eigenvalue weighted by Crippen LogP contribution is 2.06. The zero-order chi connectivity index (χ0) is 30.3. The van der Waals surface area contributed by atoms with E-state index in [0.29, 0.717) is 18.5 Å². The van der Waals surface area contributed by atoms with Crippen molar-refractivity contribution in [2.24, 2.45) is 0 Å². The summed E-state index contributed by atoms with van der Waals surface area (Å²) in [4.78, 5) is 68.5. The van der Waals surface area contributed by atoms with E-state index in [1.165, 1.54) is 6.92 Å². The highest BCUT2D eigenvalue weighted by molar-refractivity contribution is 6.38. The van der Waals surface area contributed by atoms with Gasteiger partial charge in [-0.1, -0.05) is 55.5 Å². The van der Waals surface area contributed by atoms with Gasteiger partial charge in [0.05, 0.1) is 0 Å². The van der Waals surface area contributed by atoms with Crippen molar-refractivity contribution in [3.05, 3.63) is 102 Å². The maximum Gasteiger partial charge on any atom is 0.291 e. The van der Waals surface area contributed by atoms with Crippen molar-refractivity contribution in [1.29, 1.82) is 0 Å². The van der Waals surface area contributed by atoms with E-state index in [4.69, 9.17) is 0 Å². The number of carbonyl (C=O) groups excluding carboxylic acids is 5. The van der Waals surface area contributed by atoms with Gasteiger partial charge in [-0.15, -0.1) is 0 Å². The summed E-state index contributed by atoms with van der Waals surface area (Å²) >= 11 is 0. The molecule has 0 aliphatic heterocycles. The fourth-order valence-corrected chi connectivity index (χ4v) is 3.94. The van der Waals surface area contributed by atoms with E-state index >= 15 is 0 Å². The molecule has 3 atom stereocenters. The summed E-state index contributed by atoms with van der Waals surface area (Å²) in [5.74, 6) is -3.44. The minimum atomic E-state index is -1.30. The molecule has 0 saturated heterocycles. The minimum absolute atomic E-state index is 0.117. The van der Waals surface area contributed by atoms with Crippen LogP contribution in [0.3, 0.4) is 0 Å². The minimum Gasteiger partial charge on any atom is -0.345 e. The lowest BCUT2D eigenvalue weighted by atomic mass is 10.0. The Balaban J connectivity index is 1.64. The van der Waals surface area contributed by atoms with E-state index in [-0.39, 0.29) is 13.0 Å². The van der Waals surface area contributed by atoms with E-state index in [2.05, 4.69) is 31.6 Å². The van der Waals surface area contributed by atoms with Crippen LogP contribution in [0.25, 0.3) is 0 Å². The predicted molar refractivity (Wildman–Crippen MR) is 157 cm³/mol. The first-order valence-electron chi connectivity index (χ1n) is 13.7. The van der Waals surface area contributed by atoms with Crippen molar-refractivity contribution in [3.63, 3.8) is 0 Å². The van der Waals surface area contributed by atoms with E-state index in [1.54, 1.807) is 54.9 Å². The lowest BCUT2D eigenvalue weighted by Crippen LogP contribution is -2.59. The molecule has 11 heteroatoms. The molecule has 5 N–H and O–H groups in total. The molecular formula is C31H36N6O5. The van der Waals surface area contributed by atoms with Crippen molar-refractivity contribution >= 4 is 29.4 Å². The van der Waals surface area contributed by atoms with Crippen LogP contribution in [0.4, 0.5) is 0 Å². The molecule has 2 unspecified atom stereocenters. The molecule has 1 heterocycles. The maximum atomic E-state index is 13.3. The lowest BCUT2D eigenvalue weighted by molar-refractivity contribution is -0.141. The zero-order valence-electron chi connectivity index (χ0n) is 23.6. The van der Waals surface area contributed by atoms with Crippen LogP contribution in [0.15, 0.2) is 85.2 Å². The van der Waals surface area contributed by atoms with Gasteiger partial charge in [0.1, 0.15) is 18.2 Å². The van der Waals surface area contributed by atoms with E-state index in [9.17, 15) is 24.0 Å². The summed E-state index contributed by atoms with van der Waals surface area (Å²) < 4.78 is 0. The second-order valence-corrected chi connectivity index (χ2v) is 9.61. The molecule has 4 amide bonds. The third-order valence-corrected chi connectivity index (χ3v) is 6.27. The standard InChI is InChI=1S/C31H36N6O5/c1-3-16-33-27(26(38)31(42)34-20-23-14-17-32-18-15-23)37-28(39)21(2)35-30(41)25(19-22-10-6-4-7-11-22)36-29(40)24-12-8-5-9-13-24/h4-15,17-18,21,25,27,33H,3,16,19-20H2,1-2H3,(H,34,42)(H,35,41)(H,36,40)(H,37,39)/t21?,25-,27?/m0/s1. The van der Waals surface area contributed by atoms with E-state index in [1.807, 2.05) is 37.3 Å². The number of rotatable bonds is 15. The number of Topliss-reactive ketones (excluding diaryl/α,β-unsaturated/α-hetero) is 1. The third kappa shape index (κ3) is 9.93. The fraction of sp³-hybridized carbons (Fsp3) is 0.290. The number of pyridine rings is 1. The Hall–Kier alpha value is -4.90. The molecule has 3 rings (SSSR count). The van der Waals surface area contributed by atoms with Gasteiger partial charge >= 0.3 is 0 Å². The summed E-state index contributed by atoms with van der Waals surface area (Å²) in [6.07, 6.45) is 2.68. The first kappa shape index (κ1) is 31.6. The average Bonchev–Trinajstić information content (AvgIpc) is 3.02. The topological polar surface area (TPSA) is 158 Å². The maximum absolute atomic E-state index is 13.3. The molecule has 1 aromatic heterocycles. The van der Waals surface area contributed by atoms with Crippen molar-refractivity contribution in [3.8, 4) is 0 Å². The summed E-state index contributed by atoms with van der Waals surface area (Å²) in [5, 5.41) is 13.3. The average molecular weight is 573 g/mol. The zero-order valence-corrected chi connectivity index (χ0v) is 23.6. The van der Waals surface area contributed by atoms with Crippen molar-refractivity contribution in [1.82, 2.24) is 31.6 Å². The van der Waals surface area contributed by atoms with Crippen LogP contribution >= 0.6 is 0 Å². The number of hydrogen-bond donors (Lipinski definition) is 5. The molecule has 0 spiro atoms. The van der Waals surface area contributed by atoms with Crippen LogP contribution in [-0.2, 0) is 32.1 Å². The highest BCUT2D eigenvalue weighted by Gasteiger charge is 2.30. The summed E-state index contributed by atoms with van der Waals surface area (Å²) in [5.41, 5.74) is 1.96. The monoisotopic (exact) mass is 572 g/mol. The first-order valence-corrected chi connectivity index (χ1v) is 13.7. The van der Waals surface area contributed by atoms with Gasteiger partial charge in [-0.05, 0) is 55.3 Å². The van der Waals surface area contributed by atoms with Gasteiger partial charge in [-0.3, -0.25) is 34.3 Å². The summed E-state index contributed by atoms with van der Waals surface area (Å²) in [6.45, 7) is 3.81. The Morgan fingerprint density at radius 2 is 1.40 bits per heavy atom. The Kier molecular flexibility index (Phi) is 12.3. The normalized spacial score (nSPS) is 12.7. The number of aromatic nitrogens is 1. The van der Waals surface area contributed by atoms with E-state index in [0.717, 1.165) is 11.1 Å². The van der Waals surface area contributed by atoms with Crippen LogP contribution < -0.4 is 26.6 Å². The SMILES string of the molecule is CCCNC(NC(=O)C(C)NC(=O)[C@H](Cc1ccccc1)NC(=O)c1ccccc1)C(=O)C(=O)NCc1ccncc1. The van der Waals surface area contributed by atoms with Gasteiger partial charge in [-0.25, -0.2) is 0 Å². The van der Waals surface area contributed by atoms with Crippen LogP contribution in [0.2, 0.25) is 0 Å². The number of nitrogens with one attached hydrogen (secondary N) is 5. The van der Waals surface area contributed by atoms with E-state index < -0.39 is 47.7 Å². The number of amides is 4. The smallest absolute Gasteiger partial charge is 0.291 e. The molecule has 0 saturated carbocycles. The molecule has 0 aliphatic rings. The summed E-state index contributed by atoms with van der Waals surface area (Å²) in [6, 6.07) is 19.0. The molecule has 0 fully saturated rings. The molecule has 3 aromatic rings. The van der Waals surface area contributed by atoms with Crippen LogP contribution in [0.5, 0.6) is 0 Å². The second kappa shape index (κ2) is 16.4. The molecular weight excluding hydrogens is 536 g/mol. The molecule has 0 aliphatic carbocycles. The van der Waals surface area contributed by atoms with Crippen LogP contribution in [0.1, 0.15) is 41.8 Å². The number of nitrogens with zero attached hydrogens (tertiary/aromatic N) is 1. The quantitative estimate of drug-likeness (QED) is 0.135. The number of ketones is 1.